The molecule has 0 N–H and O–H groups in total. The van der Waals surface area contributed by atoms with E-state index in [4.69, 9.17) is 0 Å². The summed E-state index contributed by atoms with van der Waals surface area (Å²) >= 11 is 0. The molecular formula is C28H42O3. The number of fused-ring (bicyclic) bond motifs is 1. The van der Waals surface area contributed by atoms with Crippen LogP contribution in [0.1, 0.15) is 114 Å². The molecule has 172 valence electrons. The summed E-state index contributed by atoms with van der Waals surface area (Å²) in [5.74, 6) is 0.742. The highest BCUT2D eigenvalue weighted by atomic mass is 16.1. The van der Waals surface area contributed by atoms with Gasteiger partial charge in [-0.2, -0.15) is 0 Å². The Morgan fingerprint density at radius 3 is 2.35 bits per heavy atom. The largest absolute Gasteiger partial charge is 0.300 e. The van der Waals surface area contributed by atoms with Crippen LogP contribution in [-0.2, 0) is 21.4 Å². The van der Waals surface area contributed by atoms with Crippen LogP contribution in [0.25, 0.3) is 0 Å². The van der Waals surface area contributed by atoms with Gasteiger partial charge in [-0.25, -0.2) is 0 Å². The van der Waals surface area contributed by atoms with Crippen LogP contribution >= 0.6 is 0 Å². The Balaban J connectivity index is 2.26. The van der Waals surface area contributed by atoms with E-state index in [2.05, 4.69) is 46.8 Å². The summed E-state index contributed by atoms with van der Waals surface area (Å²) in [5, 5.41) is 0. The zero-order chi connectivity index (χ0) is 23.3. The Labute approximate surface area is 189 Å². The first kappa shape index (κ1) is 25.5. The maximum absolute atomic E-state index is 13.2. The molecule has 0 bridgehead atoms. The average Bonchev–Trinajstić information content (AvgIpc) is 2.67. The molecule has 0 aromatic heterocycles. The van der Waals surface area contributed by atoms with Crippen molar-refractivity contribution in [3.8, 4) is 0 Å². The summed E-state index contributed by atoms with van der Waals surface area (Å²) in [6.07, 6.45) is 6.20. The third kappa shape index (κ3) is 5.93. The second kappa shape index (κ2) is 10.7. The Morgan fingerprint density at radius 1 is 1.13 bits per heavy atom. The molecule has 3 unspecified atom stereocenters. The Kier molecular flexibility index (Phi) is 8.80. The monoisotopic (exact) mass is 426 g/mol. The van der Waals surface area contributed by atoms with Crippen LogP contribution in [0.5, 0.6) is 0 Å². The summed E-state index contributed by atoms with van der Waals surface area (Å²) in [4.78, 5) is 37.5. The minimum absolute atomic E-state index is 0.0420. The van der Waals surface area contributed by atoms with Crippen molar-refractivity contribution in [2.24, 2.45) is 17.8 Å². The highest BCUT2D eigenvalue weighted by Crippen LogP contribution is 2.39. The molecule has 0 heterocycles. The molecule has 1 aliphatic rings. The number of hydrogen-bond acceptors (Lipinski definition) is 3. The molecule has 0 amide bonds. The lowest BCUT2D eigenvalue weighted by Crippen LogP contribution is -2.30. The number of carbonyl (C=O) groups is 3. The molecule has 0 spiro atoms. The summed E-state index contributed by atoms with van der Waals surface area (Å²) in [5.41, 5.74) is 4.62. The third-order valence-electron chi connectivity index (χ3n) is 7.57. The molecular weight excluding hydrogens is 384 g/mol. The fourth-order valence-corrected chi connectivity index (χ4v) is 5.65. The predicted octanol–water partition coefficient (Wildman–Crippen LogP) is 6.81. The quantitative estimate of drug-likeness (QED) is 0.365. The van der Waals surface area contributed by atoms with E-state index in [1.807, 2.05) is 6.92 Å². The first-order chi connectivity index (χ1) is 14.5. The summed E-state index contributed by atoms with van der Waals surface area (Å²) in [6, 6.07) is 4.40. The smallest absolute Gasteiger partial charge is 0.163 e. The highest BCUT2D eigenvalue weighted by molar-refractivity contribution is 6.00. The van der Waals surface area contributed by atoms with Crippen molar-refractivity contribution in [2.45, 2.75) is 105 Å². The molecule has 0 saturated carbocycles. The Morgan fingerprint density at radius 2 is 1.81 bits per heavy atom. The van der Waals surface area contributed by atoms with Crippen molar-refractivity contribution in [3.63, 3.8) is 0 Å². The van der Waals surface area contributed by atoms with Crippen LogP contribution < -0.4 is 0 Å². The van der Waals surface area contributed by atoms with Crippen molar-refractivity contribution >= 4 is 17.3 Å². The van der Waals surface area contributed by atoms with E-state index in [0.717, 1.165) is 49.7 Å². The van der Waals surface area contributed by atoms with E-state index in [-0.39, 0.29) is 46.9 Å². The highest BCUT2D eigenvalue weighted by Gasteiger charge is 2.34. The van der Waals surface area contributed by atoms with Crippen LogP contribution in [0.3, 0.4) is 0 Å². The van der Waals surface area contributed by atoms with Gasteiger partial charge in [0.2, 0.25) is 0 Å². The Bertz CT molecular complexity index is 818. The molecule has 1 aliphatic carbocycles. The van der Waals surface area contributed by atoms with Gasteiger partial charge in [-0.1, -0.05) is 59.6 Å². The topological polar surface area (TPSA) is 51.2 Å². The van der Waals surface area contributed by atoms with E-state index in [9.17, 15) is 14.4 Å². The Hall–Kier alpha value is -1.77. The number of ketones is 3. The molecule has 3 nitrogen and oxygen atoms in total. The molecule has 0 radical (unpaired) electrons. The molecule has 1 aromatic carbocycles. The molecule has 0 saturated heterocycles. The molecule has 31 heavy (non-hydrogen) atoms. The molecule has 2 rings (SSSR count). The van der Waals surface area contributed by atoms with Crippen LogP contribution in [0.2, 0.25) is 0 Å². The lowest BCUT2D eigenvalue weighted by molar-refractivity contribution is -0.129. The minimum Gasteiger partial charge on any atom is -0.300 e. The molecule has 3 atom stereocenters. The first-order valence-corrected chi connectivity index (χ1v) is 12.2. The molecule has 3 heteroatoms. The number of rotatable bonds is 11. The lowest BCUT2D eigenvalue weighted by Gasteiger charge is -2.33. The zero-order valence-electron chi connectivity index (χ0n) is 20.8. The van der Waals surface area contributed by atoms with E-state index >= 15 is 0 Å². The van der Waals surface area contributed by atoms with Crippen molar-refractivity contribution in [2.75, 3.05) is 0 Å². The number of Topliss-reactive ketones (excluding diaryl/α,β-unsaturated/α-hetero) is 3. The molecule has 0 fully saturated rings. The minimum atomic E-state index is -0.0742. The second-order valence-electron chi connectivity index (χ2n) is 10.4. The molecule has 1 aromatic rings. The van der Waals surface area contributed by atoms with Gasteiger partial charge in [-0.15, -0.1) is 0 Å². The first-order valence-electron chi connectivity index (χ1n) is 12.2. The van der Waals surface area contributed by atoms with Crippen LogP contribution in [-0.4, -0.2) is 17.3 Å². The van der Waals surface area contributed by atoms with Crippen molar-refractivity contribution in [3.05, 3.63) is 34.4 Å². The second-order valence-corrected chi connectivity index (χ2v) is 10.4. The van der Waals surface area contributed by atoms with Crippen molar-refractivity contribution < 1.29 is 14.4 Å². The summed E-state index contributed by atoms with van der Waals surface area (Å²) in [6.45, 7) is 14.5. The van der Waals surface area contributed by atoms with E-state index in [1.54, 1.807) is 0 Å². The maximum Gasteiger partial charge on any atom is 0.163 e. The summed E-state index contributed by atoms with van der Waals surface area (Å²) < 4.78 is 0. The van der Waals surface area contributed by atoms with Crippen molar-refractivity contribution in [1.29, 1.82) is 0 Å². The van der Waals surface area contributed by atoms with Crippen LogP contribution in [0.4, 0.5) is 0 Å². The number of carbonyl (C=O) groups excluding carboxylic acids is 3. The summed E-state index contributed by atoms with van der Waals surface area (Å²) in [7, 11) is 0. The fourth-order valence-electron chi connectivity index (χ4n) is 5.65. The van der Waals surface area contributed by atoms with E-state index < -0.39 is 0 Å². The van der Waals surface area contributed by atoms with Crippen LogP contribution in [0, 0.1) is 24.7 Å². The van der Waals surface area contributed by atoms with Gasteiger partial charge in [0.25, 0.3) is 0 Å². The van der Waals surface area contributed by atoms with Gasteiger partial charge < -0.3 is 0 Å². The predicted molar refractivity (Wildman–Crippen MR) is 128 cm³/mol. The molecule has 0 aliphatic heterocycles. The normalized spacial score (nSPS) is 18.4. The van der Waals surface area contributed by atoms with Gasteiger partial charge in [-0.3, -0.25) is 14.4 Å². The van der Waals surface area contributed by atoms with Gasteiger partial charge in [0.15, 0.2) is 5.78 Å². The van der Waals surface area contributed by atoms with E-state index in [1.165, 1.54) is 18.1 Å². The van der Waals surface area contributed by atoms with Gasteiger partial charge in [-0.05, 0) is 73.5 Å². The maximum atomic E-state index is 13.2. The number of hydrogen-bond donors (Lipinski definition) is 0. The van der Waals surface area contributed by atoms with E-state index in [0.29, 0.717) is 6.42 Å². The third-order valence-corrected chi connectivity index (χ3v) is 7.57. The van der Waals surface area contributed by atoms with Gasteiger partial charge in [0.05, 0.1) is 6.42 Å². The van der Waals surface area contributed by atoms with Gasteiger partial charge >= 0.3 is 0 Å². The number of benzene rings is 1. The van der Waals surface area contributed by atoms with Gasteiger partial charge in [0.1, 0.15) is 11.6 Å². The average molecular weight is 427 g/mol. The zero-order valence-corrected chi connectivity index (χ0v) is 20.8. The lowest BCUT2D eigenvalue weighted by atomic mass is 9.70. The van der Waals surface area contributed by atoms with Crippen LogP contribution in [0.15, 0.2) is 12.1 Å². The SMILES string of the molecule is CCCC(CC1CC(=O)c2c(ccc(C(C)(C)CC)c2C)C1)C(CC)C(=O)CC(C)=O. The standard InChI is InChI=1S/C28H42O3/c1-8-11-21(23(9-2)25(30)14-18(4)29)15-20-16-22-12-13-24(28(6,7)10-3)19(5)27(22)26(31)17-20/h12-13,20-21,23H,8-11,14-17H2,1-7H3. The van der Waals surface area contributed by atoms with Gasteiger partial charge in [0, 0.05) is 17.9 Å². The fraction of sp³-hybridized carbons (Fsp3) is 0.679. The van der Waals surface area contributed by atoms with Crippen molar-refractivity contribution in [1.82, 2.24) is 0 Å².